The van der Waals surface area contributed by atoms with Crippen LogP contribution in [0, 0.1) is 0 Å². The number of aromatic nitrogens is 1. The number of thiazole rings is 1. The lowest BCUT2D eigenvalue weighted by Crippen LogP contribution is -2.31. The zero-order chi connectivity index (χ0) is 18.9. The monoisotopic (exact) mass is 392 g/mol. The highest BCUT2D eigenvalue weighted by Crippen LogP contribution is 2.23. The Morgan fingerprint density at radius 1 is 1.31 bits per heavy atom. The smallest absolute Gasteiger partial charge is 0.339 e. The summed E-state index contributed by atoms with van der Waals surface area (Å²) in [6.07, 6.45) is 1.98. The molecule has 0 fully saturated rings. The number of nitrogens with one attached hydrogen (secondary N) is 1. The third kappa shape index (κ3) is 6.46. The number of carbonyl (C=O) groups is 2. The molecule has 2 aromatic rings. The largest absolute Gasteiger partial charge is 0.456 e. The lowest BCUT2D eigenvalue weighted by Gasteiger charge is -2.10. The molecule has 0 aliphatic rings. The van der Waals surface area contributed by atoms with Gasteiger partial charge in [0.2, 0.25) is 5.91 Å². The average Bonchev–Trinajstić information content (AvgIpc) is 3.05. The van der Waals surface area contributed by atoms with Gasteiger partial charge >= 0.3 is 5.97 Å². The number of carbonyl (C=O) groups excluding carboxylic acids is 2. The number of thioether (sulfide) groups is 1. The Morgan fingerprint density at radius 3 is 2.81 bits per heavy atom. The van der Waals surface area contributed by atoms with Gasteiger partial charge in [-0.25, -0.2) is 9.78 Å². The van der Waals surface area contributed by atoms with Crippen LogP contribution in [0.4, 0.5) is 0 Å². The number of rotatable bonds is 9. The van der Waals surface area contributed by atoms with Crippen LogP contribution in [-0.2, 0) is 22.6 Å². The van der Waals surface area contributed by atoms with E-state index < -0.39 is 5.97 Å². The number of esters is 1. The average molecular weight is 393 g/mol. The molecule has 0 aliphatic carbocycles. The molecule has 0 aliphatic heterocycles. The van der Waals surface area contributed by atoms with Crippen molar-refractivity contribution in [1.29, 1.82) is 0 Å². The predicted molar refractivity (Wildman–Crippen MR) is 106 cm³/mol. The van der Waals surface area contributed by atoms with Gasteiger partial charge in [-0.15, -0.1) is 23.1 Å². The topological polar surface area (TPSA) is 68.3 Å². The van der Waals surface area contributed by atoms with E-state index in [1.54, 1.807) is 23.5 Å². The SMILES string of the molecule is CCCc1nc(COC(=O)c2ccccc2SCC(=O)NC(C)C)cs1. The minimum absolute atomic E-state index is 0.0564. The molecular weight excluding hydrogens is 368 g/mol. The second kappa shape index (κ2) is 10.3. The highest BCUT2D eigenvalue weighted by atomic mass is 32.2. The molecule has 26 heavy (non-hydrogen) atoms. The van der Waals surface area contributed by atoms with Crippen molar-refractivity contribution >= 4 is 35.0 Å². The first-order valence-corrected chi connectivity index (χ1v) is 10.5. The fraction of sp³-hybridized carbons (Fsp3) is 0.421. The van der Waals surface area contributed by atoms with Crippen LogP contribution in [0.2, 0.25) is 0 Å². The van der Waals surface area contributed by atoms with Gasteiger partial charge in [-0.1, -0.05) is 19.1 Å². The predicted octanol–water partition coefficient (Wildman–Crippen LogP) is 4.07. The van der Waals surface area contributed by atoms with Crippen LogP contribution in [-0.4, -0.2) is 28.7 Å². The van der Waals surface area contributed by atoms with E-state index in [9.17, 15) is 9.59 Å². The maximum atomic E-state index is 12.4. The van der Waals surface area contributed by atoms with Crippen LogP contribution in [0.5, 0.6) is 0 Å². The van der Waals surface area contributed by atoms with Crippen molar-refractivity contribution in [2.45, 2.75) is 51.2 Å². The van der Waals surface area contributed by atoms with E-state index >= 15 is 0 Å². The Hall–Kier alpha value is -1.86. The van der Waals surface area contributed by atoms with Gasteiger partial charge in [-0.2, -0.15) is 0 Å². The maximum absolute atomic E-state index is 12.4. The Morgan fingerprint density at radius 2 is 2.08 bits per heavy atom. The zero-order valence-corrected chi connectivity index (χ0v) is 16.9. The van der Waals surface area contributed by atoms with Crippen molar-refractivity contribution in [2.24, 2.45) is 0 Å². The number of amides is 1. The van der Waals surface area contributed by atoms with E-state index in [0.29, 0.717) is 5.56 Å². The minimum Gasteiger partial charge on any atom is -0.456 e. The van der Waals surface area contributed by atoms with E-state index in [0.717, 1.165) is 28.4 Å². The van der Waals surface area contributed by atoms with Gasteiger partial charge in [0, 0.05) is 16.3 Å². The summed E-state index contributed by atoms with van der Waals surface area (Å²) >= 11 is 2.92. The van der Waals surface area contributed by atoms with Gasteiger partial charge in [0.15, 0.2) is 0 Å². The number of ether oxygens (including phenoxy) is 1. The highest BCUT2D eigenvalue weighted by Gasteiger charge is 2.15. The number of hydrogen-bond acceptors (Lipinski definition) is 6. The summed E-state index contributed by atoms with van der Waals surface area (Å²) in [4.78, 5) is 29.4. The van der Waals surface area contributed by atoms with Crippen LogP contribution in [0.25, 0.3) is 0 Å². The van der Waals surface area contributed by atoms with E-state index in [-0.39, 0.29) is 24.3 Å². The highest BCUT2D eigenvalue weighted by molar-refractivity contribution is 8.00. The number of hydrogen-bond donors (Lipinski definition) is 1. The summed E-state index contributed by atoms with van der Waals surface area (Å²) in [5.41, 5.74) is 1.24. The standard InChI is InChI=1S/C19H24N2O3S2/c1-4-7-18-21-14(11-26-18)10-24-19(23)15-8-5-6-9-16(15)25-12-17(22)20-13(2)3/h5-6,8-9,11,13H,4,7,10,12H2,1-3H3,(H,20,22). The van der Waals surface area contributed by atoms with Gasteiger partial charge < -0.3 is 10.1 Å². The van der Waals surface area contributed by atoms with Gasteiger partial charge in [0.05, 0.1) is 22.0 Å². The molecule has 0 radical (unpaired) electrons. The second-order valence-corrected chi connectivity index (χ2v) is 8.03. The second-order valence-electron chi connectivity index (χ2n) is 6.07. The maximum Gasteiger partial charge on any atom is 0.339 e. The van der Waals surface area contributed by atoms with Crippen molar-refractivity contribution in [3.63, 3.8) is 0 Å². The molecule has 140 valence electrons. The summed E-state index contributed by atoms with van der Waals surface area (Å²) in [5.74, 6) is -0.198. The van der Waals surface area contributed by atoms with Crippen LogP contribution >= 0.6 is 23.1 Å². The van der Waals surface area contributed by atoms with Crippen molar-refractivity contribution < 1.29 is 14.3 Å². The number of benzene rings is 1. The summed E-state index contributed by atoms with van der Waals surface area (Å²) in [5, 5.41) is 5.82. The molecule has 1 amide bonds. The van der Waals surface area contributed by atoms with Crippen LogP contribution in [0.1, 0.15) is 48.3 Å². The first-order chi connectivity index (χ1) is 12.5. The third-order valence-corrected chi connectivity index (χ3v) is 5.36. The molecule has 5 nitrogen and oxygen atoms in total. The molecule has 1 aromatic carbocycles. The number of aryl methyl sites for hydroxylation is 1. The normalized spacial score (nSPS) is 10.8. The molecule has 0 atom stereocenters. The third-order valence-electron chi connectivity index (χ3n) is 3.33. The Labute approximate surface area is 162 Å². The van der Waals surface area contributed by atoms with E-state index in [1.807, 2.05) is 31.4 Å². The summed E-state index contributed by atoms with van der Waals surface area (Å²) in [6.45, 7) is 6.10. The Kier molecular flexibility index (Phi) is 8.12. The molecule has 7 heteroatoms. The lowest BCUT2D eigenvalue weighted by molar-refractivity contribution is -0.119. The van der Waals surface area contributed by atoms with Crippen LogP contribution in [0.15, 0.2) is 34.5 Å². The molecule has 0 unspecified atom stereocenters. The number of nitrogens with zero attached hydrogens (tertiary/aromatic N) is 1. The Balaban J connectivity index is 1.94. The van der Waals surface area contributed by atoms with Gasteiger partial charge in [0.1, 0.15) is 6.61 Å². The summed E-state index contributed by atoms with van der Waals surface area (Å²) in [6, 6.07) is 7.27. The van der Waals surface area contributed by atoms with Gasteiger partial charge in [-0.3, -0.25) is 4.79 Å². The van der Waals surface area contributed by atoms with Crippen molar-refractivity contribution in [3.8, 4) is 0 Å². The quantitative estimate of drug-likeness (QED) is 0.515. The fourth-order valence-corrected chi connectivity index (χ4v) is 3.97. The molecule has 1 N–H and O–H groups in total. The first kappa shape index (κ1) is 20.5. The Bertz CT molecular complexity index is 744. The fourth-order valence-electron chi connectivity index (χ4n) is 2.23. The molecule has 0 saturated heterocycles. The van der Waals surface area contributed by atoms with E-state index in [2.05, 4.69) is 17.2 Å². The lowest BCUT2D eigenvalue weighted by atomic mass is 10.2. The van der Waals surface area contributed by atoms with Crippen molar-refractivity contribution in [2.75, 3.05) is 5.75 Å². The first-order valence-electron chi connectivity index (χ1n) is 8.61. The molecule has 0 saturated carbocycles. The molecule has 1 heterocycles. The molecule has 0 bridgehead atoms. The van der Waals surface area contributed by atoms with Crippen molar-refractivity contribution in [1.82, 2.24) is 10.3 Å². The van der Waals surface area contributed by atoms with Crippen molar-refractivity contribution in [3.05, 3.63) is 45.9 Å². The van der Waals surface area contributed by atoms with Crippen LogP contribution < -0.4 is 5.32 Å². The summed E-state index contributed by atoms with van der Waals surface area (Å²) < 4.78 is 5.41. The zero-order valence-electron chi connectivity index (χ0n) is 15.3. The summed E-state index contributed by atoms with van der Waals surface area (Å²) in [7, 11) is 0. The minimum atomic E-state index is -0.401. The molecule has 0 spiro atoms. The van der Waals surface area contributed by atoms with E-state index in [1.165, 1.54) is 11.8 Å². The van der Waals surface area contributed by atoms with Gasteiger partial charge in [0.25, 0.3) is 0 Å². The van der Waals surface area contributed by atoms with Gasteiger partial charge in [-0.05, 0) is 38.8 Å². The molecular formula is C19H24N2O3S2. The molecule has 2 rings (SSSR count). The van der Waals surface area contributed by atoms with Crippen LogP contribution in [0.3, 0.4) is 0 Å². The van der Waals surface area contributed by atoms with E-state index in [4.69, 9.17) is 4.74 Å². The molecule has 1 aromatic heterocycles.